The third-order valence-electron chi connectivity index (χ3n) is 2.59. The van der Waals surface area contributed by atoms with Crippen LogP contribution in [-0.2, 0) is 16.1 Å². The normalized spacial score (nSPS) is 15.5. The van der Waals surface area contributed by atoms with Crippen molar-refractivity contribution in [1.82, 2.24) is 0 Å². The molecule has 0 aliphatic heterocycles. The molecule has 1 aromatic rings. The van der Waals surface area contributed by atoms with Crippen molar-refractivity contribution in [3.8, 4) is 0 Å². The predicted octanol–water partition coefficient (Wildman–Crippen LogP) is 2.74. The van der Waals surface area contributed by atoms with Crippen LogP contribution in [0.2, 0.25) is 0 Å². The van der Waals surface area contributed by atoms with Gasteiger partial charge in [0.25, 0.3) is 0 Å². The Morgan fingerprint density at radius 1 is 1.31 bits per heavy atom. The van der Waals surface area contributed by atoms with Gasteiger partial charge < -0.3 is 4.74 Å². The van der Waals surface area contributed by atoms with Gasteiger partial charge in [0.15, 0.2) is 5.78 Å². The minimum Gasteiger partial charge on any atom is -0.373 e. The molecular weight excluding hydrogens is 200 g/mol. The van der Waals surface area contributed by atoms with Crippen LogP contribution in [0.5, 0.6) is 0 Å². The number of hydrogen-bond acceptors (Lipinski definition) is 2. The van der Waals surface area contributed by atoms with Crippen molar-refractivity contribution in [2.24, 2.45) is 5.92 Å². The quantitative estimate of drug-likeness (QED) is 0.540. The molecule has 0 aromatic heterocycles. The SMILES string of the molecule is O=C(/C=C/COCc1ccccc1)C1CC1. The molecule has 16 heavy (non-hydrogen) atoms. The predicted molar refractivity (Wildman–Crippen MR) is 63.0 cm³/mol. The first kappa shape index (κ1) is 11.1. The van der Waals surface area contributed by atoms with Crippen LogP contribution in [0.25, 0.3) is 0 Å². The molecule has 1 saturated carbocycles. The topological polar surface area (TPSA) is 26.3 Å². The Morgan fingerprint density at radius 2 is 2.06 bits per heavy atom. The summed E-state index contributed by atoms with van der Waals surface area (Å²) in [6.45, 7) is 1.11. The molecule has 0 atom stereocenters. The molecule has 0 bridgehead atoms. The summed E-state index contributed by atoms with van der Waals surface area (Å²) in [6, 6.07) is 10.0. The van der Waals surface area contributed by atoms with Gasteiger partial charge in [-0.2, -0.15) is 0 Å². The van der Waals surface area contributed by atoms with Gasteiger partial charge in [-0.25, -0.2) is 0 Å². The molecule has 0 radical (unpaired) electrons. The molecular formula is C14H16O2. The van der Waals surface area contributed by atoms with Crippen molar-refractivity contribution in [2.75, 3.05) is 6.61 Å². The molecule has 1 aliphatic rings. The number of hydrogen-bond donors (Lipinski definition) is 0. The molecule has 2 nitrogen and oxygen atoms in total. The zero-order valence-corrected chi connectivity index (χ0v) is 9.26. The summed E-state index contributed by atoms with van der Waals surface area (Å²) in [5.41, 5.74) is 1.16. The number of allylic oxidation sites excluding steroid dienone is 1. The van der Waals surface area contributed by atoms with Gasteiger partial charge in [-0.05, 0) is 24.5 Å². The van der Waals surface area contributed by atoms with Gasteiger partial charge in [-0.15, -0.1) is 0 Å². The smallest absolute Gasteiger partial charge is 0.158 e. The standard InChI is InChI=1S/C14H16O2/c15-14(13-8-9-13)7-4-10-16-11-12-5-2-1-3-6-12/h1-7,13H,8-11H2/b7-4+. The molecule has 1 aromatic carbocycles. The first-order valence-electron chi connectivity index (χ1n) is 5.68. The fourth-order valence-corrected chi connectivity index (χ4v) is 1.49. The van der Waals surface area contributed by atoms with Crippen molar-refractivity contribution < 1.29 is 9.53 Å². The number of ether oxygens (including phenoxy) is 1. The van der Waals surface area contributed by atoms with Gasteiger partial charge in [0.1, 0.15) is 0 Å². The van der Waals surface area contributed by atoms with Crippen LogP contribution in [0.1, 0.15) is 18.4 Å². The molecule has 0 heterocycles. The van der Waals surface area contributed by atoms with Gasteiger partial charge in [0.05, 0.1) is 13.2 Å². The van der Waals surface area contributed by atoms with Crippen LogP contribution in [0.3, 0.4) is 0 Å². The summed E-state index contributed by atoms with van der Waals surface area (Å²) in [4.78, 5) is 11.3. The van der Waals surface area contributed by atoms with E-state index in [0.29, 0.717) is 19.1 Å². The largest absolute Gasteiger partial charge is 0.373 e. The Hall–Kier alpha value is -1.41. The van der Waals surface area contributed by atoms with Crippen molar-refractivity contribution in [1.29, 1.82) is 0 Å². The van der Waals surface area contributed by atoms with Gasteiger partial charge >= 0.3 is 0 Å². The highest BCUT2D eigenvalue weighted by Gasteiger charge is 2.27. The molecule has 1 aliphatic carbocycles. The van der Waals surface area contributed by atoms with E-state index in [2.05, 4.69) is 0 Å². The van der Waals surface area contributed by atoms with Crippen LogP contribution in [0.15, 0.2) is 42.5 Å². The average molecular weight is 216 g/mol. The summed E-state index contributed by atoms with van der Waals surface area (Å²) in [5, 5.41) is 0. The fourth-order valence-electron chi connectivity index (χ4n) is 1.49. The maximum atomic E-state index is 11.3. The minimum atomic E-state index is 0.253. The van der Waals surface area contributed by atoms with Crippen LogP contribution >= 0.6 is 0 Å². The van der Waals surface area contributed by atoms with E-state index >= 15 is 0 Å². The van der Waals surface area contributed by atoms with Gasteiger partial charge in [0.2, 0.25) is 0 Å². The zero-order valence-electron chi connectivity index (χ0n) is 9.26. The number of ketones is 1. The van der Waals surface area contributed by atoms with Crippen LogP contribution in [-0.4, -0.2) is 12.4 Å². The second-order valence-electron chi connectivity index (χ2n) is 4.08. The Balaban J connectivity index is 1.63. The molecule has 0 amide bonds. The average Bonchev–Trinajstić information content (AvgIpc) is 3.13. The molecule has 0 N–H and O–H groups in total. The Kier molecular flexibility index (Phi) is 3.89. The molecule has 84 valence electrons. The lowest BCUT2D eigenvalue weighted by atomic mass is 10.2. The van der Waals surface area contributed by atoms with E-state index in [1.165, 1.54) is 0 Å². The highest BCUT2D eigenvalue weighted by atomic mass is 16.5. The van der Waals surface area contributed by atoms with Crippen molar-refractivity contribution in [2.45, 2.75) is 19.4 Å². The fraction of sp³-hybridized carbons (Fsp3) is 0.357. The third kappa shape index (κ3) is 3.63. The second-order valence-corrected chi connectivity index (χ2v) is 4.08. The van der Waals surface area contributed by atoms with E-state index < -0.39 is 0 Å². The highest BCUT2D eigenvalue weighted by molar-refractivity contribution is 5.93. The third-order valence-corrected chi connectivity index (χ3v) is 2.59. The monoisotopic (exact) mass is 216 g/mol. The lowest BCUT2D eigenvalue weighted by Crippen LogP contribution is -1.96. The second kappa shape index (κ2) is 5.61. The Labute approximate surface area is 95.9 Å². The molecule has 0 saturated heterocycles. The van der Waals surface area contributed by atoms with E-state index in [0.717, 1.165) is 18.4 Å². The van der Waals surface area contributed by atoms with Crippen LogP contribution in [0, 0.1) is 5.92 Å². The minimum absolute atomic E-state index is 0.253. The Bertz CT molecular complexity index is 364. The van der Waals surface area contributed by atoms with Gasteiger partial charge in [-0.1, -0.05) is 36.4 Å². The van der Waals surface area contributed by atoms with E-state index in [-0.39, 0.29) is 5.78 Å². The summed E-state index contributed by atoms with van der Waals surface area (Å²) in [7, 11) is 0. The van der Waals surface area contributed by atoms with Crippen LogP contribution < -0.4 is 0 Å². The van der Waals surface area contributed by atoms with Gasteiger partial charge in [-0.3, -0.25) is 4.79 Å². The first-order valence-corrected chi connectivity index (χ1v) is 5.68. The maximum Gasteiger partial charge on any atom is 0.158 e. The number of carbonyl (C=O) groups excluding carboxylic acids is 1. The maximum absolute atomic E-state index is 11.3. The Morgan fingerprint density at radius 3 is 2.75 bits per heavy atom. The zero-order chi connectivity index (χ0) is 11.2. The van der Waals surface area contributed by atoms with E-state index in [4.69, 9.17) is 4.74 Å². The van der Waals surface area contributed by atoms with E-state index in [1.54, 1.807) is 6.08 Å². The number of benzene rings is 1. The lowest BCUT2D eigenvalue weighted by molar-refractivity contribution is -0.115. The summed E-state index contributed by atoms with van der Waals surface area (Å²) in [6.07, 6.45) is 5.59. The highest BCUT2D eigenvalue weighted by Crippen LogP contribution is 2.29. The number of rotatable bonds is 6. The van der Waals surface area contributed by atoms with E-state index in [9.17, 15) is 4.79 Å². The van der Waals surface area contributed by atoms with Crippen molar-refractivity contribution in [3.05, 3.63) is 48.0 Å². The summed E-state index contributed by atoms with van der Waals surface area (Å²) >= 11 is 0. The van der Waals surface area contributed by atoms with Gasteiger partial charge in [0, 0.05) is 5.92 Å². The molecule has 0 unspecified atom stereocenters. The lowest BCUT2D eigenvalue weighted by Gasteiger charge is -2.00. The molecule has 0 spiro atoms. The van der Waals surface area contributed by atoms with E-state index in [1.807, 2.05) is 36.4 Å². The van der Waals surface area contributed by atoms with Crippen molar-refractivity contribution in [3.63, 3.8) is 0 Å². The molecule has 2 heteroatoms. The molecule has 1 fully saturated rings. The van der Waals surface area contributed by atoms with Crippen molar-refractivity contribution >= 4 is 5.78 Å². The molecule has 2 rings (SSSR count). The first-order chi connectivity index (χ1) is 7.86. The van der Waals surface area contributed by atoms with Crippen LogP contribution in [0.4, 0.5) is 0 Å². The summed E-state index contributed by atoms with van der Waals surface area (Å²) in [5.74, 6) is 0.564. The number of carbonyl (C=O) groups is 1. The summed E-state index contributed by atoms with van der Waals surface area (Å²) < 4.78 is 5.43.